The Labute approximate surface area is 122 Å². The Bertz CT molecular complexity index is 472. The largest absolute Gasteiger partial charge is 0.391 e. The third-order valence-electron chi connectivity index (χ3n) is 3.49. The minimum Gasteiger partial charge on any atom is -0.391 e. The van der Waals surface area contributed by atoms with Gasteiger partial charge in [-0.05, 0) is 30.2 Å². The van der Waals surface area contributed by atoms with Crippen LogP contribution < -0.4 is 5.32 Å². The zero-order valence-electron chi connectivity index (χ0n) is 11.3. The number of urea groups is 1. The Kier molecular flexibility index (Phi) is 4.83. The van der Waals surface area contributed by atoms with E-state index in [0.29, 0.717) is 24.5 Å². The highest BCUT2D eigenvalue weighted by Gasteiger charge is 2.32. The highest BCUT2D eigenvalue weighted by atomic mass is 35.5. The molecule has 1 aromatic rings. The first kappa shape index (κ1) is 15.1. The molecule has 20 heavy (non-hydrogen) atoms. The van der Waals surface area contributed by atoms with Gasteiger partial charge in [-0.1, -0.05) is 18.5 Å². The van der Waals surface area contributed by atoms with Crippen molar-refractivity contribution in [3.8, 4) is 0 Å². The zero-order valence-corrected chi connectivity index (χ0v) is 12.0. The molecule has 2 N–H and O–H groups in total. The fraction of sp³-hybridized carbons (Fsp3) is 0.500. The fourth-order valence-electron chi connectivity index (χ4n) is 2.13. The summed E-state index contributed by atoms with van der Waals surface area (Å²) < 4.78 is 13.2. The molecule has 1 aliphatic rings. The number of benzene rings is 1. The number of hydrogen-bond donors (Lipinski definition) is 2. The van der Waals surface area contributed by atoms with Crippen molar-refractivity contribution in [1.29, 1.82) is 0 Å². The van der Waals surface area contributed by atoms with Gasteiger partial charge in [-0.3, -0.25) is 0 Å². The fourth-order valence-corrected chi connectivity index (χ4v) is 2.36. The highest BCUT2D eigenvalue weighted by molar-refractivity contribution is 6.30. The van der Waals surface area contributed by atoms with Crippen LogP contribution in [0.25, 0.3) is 0 Å². The van der Waals surface area contributed by atoms with Crippen molar-refractivity contribution >= 4 is 17.6 Å². The van der Waals surface area contributed by atoms with E-state index >= 15 is 0 Å². The molecule has 0 radical (unpaired) electrons. The first-order valence-corrected chi connectivity index (χ1v) is 7.04. The molecule has 2 rings (SSSR count). The van der Waals surface area contributed by atoms with Crippen molar-refractivity contribution in [2.45, 2.75) is 25.4 Å². The van der Waals surface area contributed by atoms with Crippen LogP contribution in [0.15, 0.2) is 18.2 Å². The summed E-state index contributed by atoms with van der Waals surface area (Å²) in [6.45, 7) is 3.17. The Morgan fingerprint density at radius 3 is 2.85 bits per heavy atom. The smallest absolute Gasteiger partial charge is 0.317 e. The van der Waals surface area contributed by atoms with Gasteiger partial charge in [0, 0.05) is 30.6 Å². The van der Waals surface area contributed by atoms with Gasteiger partial charge in [0.05, 0.1) is 6.10 Å². The van der Waals surface area contributed by atoms with Gasteiger partial charge < -0.3 is 15.3 Å². The van der Waals surface area contributed by atoms with Crippen LogP contribution >= 0.6 is 11.6 Å². The summed E-state index contributed by atoms with van der Waals surface area (Å²) in [5.41, 5.74) is 0.813. The second-order valence-electron chi connectivity index (χ2n) is 5.05. The number of nitrogens with one attached hydrogen (secondary N) is 1. The predicted octanol–water partition coefficient (Wildman–Crippen LogP) is 2.36. The number of hydrogen-bond acceptors (Lipinski definition) is 2. The summed E-state index contributed by atoms with van der Waals surface area (Å²) in [5, 5.41) is 12.4. The van der Waals surface area contributed by atoms with E-state index in [1.54, 1.807) is 11.0 Å². The van der Waals surface area contributed by atoms with E-state index in [2.05, 4.69) is 5.32 Å². The molecule has 1 saturated heterocycles. The third kappa shape index (κ3) is 3.61. The van der Waals surface area contributed by atoms with Crippen molar-refractivity contribution in [3.05, 3.63) is 34.6 Å². The standard InChI is InChI=1S/C14H18ClFN2O2/c1-2-13(19)6-17-14(20)18-7-10(8-18)9-3-11(15)5-12(16)4-9/h3-5,10,13,19H,2,6-8H2,1H3,(H,17,20)/t13-/m1/s1. The van der Waals surface area contributed by atoms with Gasteiger partial charge in [0.1, 0.15) is 5.82 Å². The topological polar surface area (TPSA) is 52.6 Å². The lowest BCUT2D eigenvalue weighted by Crippen LogP contribution is -2.53. The maximum Gasteiger partial charge on any atom is 0.317 e. The minimum atomic E-state index is -0.516. The van der Waals surface area contributed by atoms with Crippen LogP contribution in [0.5, 0.6) is 0 Å². The van der Waals surface area contributed by atoms with Crippen LogP contribution in [0.2, 0.25) is 5.02 Å². The number of carbonyl (C=O) groups is 1. The number of amides is 2. The van der Waals surface area contributed by atoms with Gasteiger partial charge in [-0.15, -0.1) is 0 Å². The Hall–Kier alpha value is -1.33. The molecule has 2 amide bonds. The van der Waals surface area contributed by atoms with Gasteiger partial charge in [0.25, 0.3) is 0 Å². The van der Waals surface area contributed by atoms with E-state index in [0.717, 1.165) is 5.56 Å². The molecule has 1 aliphatic heterocycles. The lowest BCUT2D eigenvalue weighted by Gasteiger charge is -2.39. The van der Waals surface area contributed by atoms with E-state index in [9.17, 15) is 14.3 Å². The molecule has 0 saturated carbocycles. The van der Waals surface area contributed by atoms with E-state index in [1.807, 2.05) is 6.92 Å². The molecule has 0 aromatic heterocycles. The minimum absolute atomic E-state index is 0.116. The van der Waals surface area contributed by atoms with Crippen LogP contribution in [-0.2, 0) is 0 Å². The first-order chi connectivity index (χ1) is 9.49. The molecular formula is C14H18ClFN2O2. The Morgan fingerprint density at radius 2 is 2.25 bits per heavy atom. The second kappa shape index (κ2) is 6.41. The number of aliphatic hydroxyl groups excluding tert-OH is 1. The normalized spacial score (nSPS) is 16.7. The average Bonchev–Trinajstić information content (AvgIpc) is 2.32. The van der Waals surface area contributed by atoms with Crippen LogP contribution in [0, 0.1) is 5.82 Å². The third-order valence-corrected chi connectivity index (χ3v) is 3.70. The molecule has 4 nitrogen and oxygen atoms in total. The summed E-state index contributed by atoms with van der Waals surface area (Å²) in [7, 11) is 0. The van der Waals surface area contributed by atoms with E-state index < -0.39 is 6.10 Å². The quantitative estimate of drug-likeness (QED) is 0.897. The van der Waals surface area contributed by atoms with Gasteiger partial charge in [-0.2, -0.15) is 0 Å². The second-order valence-corrected chi connectivity index (χ2v) is 5.49. The maximum absolute atomic E-state index is 13.2. The number of rotatable bonds is 4. The number of carbonyl (C=O) groups excluding carboxylic acids is 1. The van der Waals surface area contributed by atoms with Gasteiger partial charge in [0.15, 0.2) is 0 Å². The number of nitrogens with zero attached hydrogens (tertiary/aromatic N) is 1. The number of aliphatic hydroxyl groups is 1. The van der Waals surface area contributed by atoms with Crippen LogP contribution in [0.3, 0.4) is 0 Å². The Balaban J connectivity index is 1.83. The average molecular weight is 301 g/mol. The molecule has 1 aromatic carbocycles. The SMILES string of the molecule is CC[C@@H](O)CNC(=O)N1CC(c2cc(F)cc(Cl)c2)C1. The molecule has 0 bridgehead atoms. The zero-order chi connectivity index (χ0) is 14.7. The first-order valence-electron chi connectivity index (χ1n) is 6.66. The van der Waals surface area contributed by atoms with Crippen molar-refractivity contribution < 1.29 is 14.3 Å². The highest BCUT2D eigenvalue weighted by Crippen LogP contribution is 2.29. The summed E-state index contributed by atoms with van der Waals surface area (Å²) in [5.74, 6) is -0.244. The molecule has 1 atom stereocenters. The van der Waals surface area contributed by atoms with Crippen molar-refractivity contribution in [2.24, 2.45) is 0 Å². The van der Waals surface area contributed by atoms with Gasteiger partial charge in [0.2, 0.25) is 0 Å². The molecule has 1 fully saturated rings. The number of likely N-dealkylation sites (tertiary alicyclic amines) is 1. The summed E-state index contributed by atoms with van der Waals surface area (Å²) in [4.78, 5) is 13.4. The summed E-state index contributed by atoms with van der Waals surface area (Å²) >= 11 is 5.81. The van der Waals surface area contributed by atoms with Gasteiger partial charge >= 0.3 is 6.03 Å². The maximum atomic E-state index is 13.2. The van der Waals surface area contributed by atoms with Crippen LogP contribution in [0.1, 0.15) is 24.8 Å². The molecule has 1 heterocycles. The summed E-state index contributed by atoms with van der Waals surface area (Å²) in [6.07, 6.45) is 0.0862. The van der Waals surface area contributed by atoms with Crippen molar-refractivity contribution in [3.63, 3.8) is 0 Å². The molecule has 0 unspecified atom stereocenters. The van der Waals surface area contributed by atoms with Gasteiger partial charge in [-0.25, -0.2) is 9.18 Å². The summed E-state index contributed by atoms with van der Waals surface area (Å²) in [6, 6.07) is 4.24. The molecular weight excluding hydrogens is 283 g/mol. The molecule has 6 heteroatoms. The Morgan fingerprint density at radius 1 is 1.55 bits per heavy atom. The monoisotopic (exact) mass is 300 g/mol. The predicted molar refractivity (Wildman–Crippen MR) is 75.4 cm³/mol. The van der Waals surface area contributed by atoms with Crippen molar-refractivity contribution in [2.75, 3.05) is 19.6 Å². The molecule has 0 aliphatic carbocycles. The van der Waals surface area contributed by atoms with E-state index in [4.69, 9.17) is 11.6 Å². The lowest BCUT2D eigenvalue weighted by atomic mass is 9.92. The van der Waals surface area contributed by atoms with Crippen LogP contribution in [0.4, 0.5) is 9.18 Å². The number of halogens is 2. The molecule has 0 spiro atoms. The molecule has 110 valence electrons. The lowest BCUT2D eigenvalue weighted by molar-refractivity contribution is 0.135. The van der Waals surface area contributed by atoms with E-state index in [-0.39, 0.29) is 24.3 Å². The van der Waals surface area contributed by atoms with Crippen LogP contribution in [-0.4, -0.2) is 41.8 Å². The van der Waals surface area contributed by atoms with E-state index in [1.165, 1.54) is 12.1 Å². The van der Waals surface area contributed by atoms with Crippen molar-refractivity contribution in [1.82, 2.24) is 10.2 Å².